The normalized spacial score (nSPS) is 33.2. The van der Waals surface area contributed by atoms with Crippen LogP contribution in [-0.4, -0.2) is 62.2 Å². The molecular formula is C12H23NO3. The zero-order chi connectivity index (χ0) is 11.4. The summed E-state index contributed by atoms with van der Waals surface area (Å²) in [7, 11) is 2.15. The van der Waals surface area contributed by atoms with E-state index in [4.69, 9.17) is 9.47 Å². The van der Waals surface area contributed by atoms with Crippen LogP contribution in [0.4, 0.5) is 0 Å². The number of hydrogen-bond acceptors (Lipinski definition) is 4. The first-order valence-electron chi connectivity index (χ1n) is 6.31. The molecular weight excluding hydrogens is 206 g/mol. The summed E-state index contributed by atoms with van der Waals surface area (Å²) in [6.07, 6.45) is 2.82. The van der Waals surface area contributed by atoms with Crippen LogP contribution in [0.3, 0.4) is 0 Å². The zero-order valence-corrected chi connectivity index (χ0v) is 10.1. The summed E-state index contributed by atoms with van der Waals surface area (Å²) in [6.45, 7) is 4.09. The molecule has 0 saturated carbocycles. The third-order valence-corrected chi connectivity index (χ3v) is 3.77. The Morgan fingerprint density at radius 1 is 1.12 bits per heavy atom. The average molecular weight is 229 g/mol. The molecule has 1 N–H and O–H groups in total. The second-order valence-corrected chi connectivity index (χ2v) is 4.97. The first kappa shape index (κ1) is 12.3. The Morgan fingerprint density at radius 2 is 1.81 bits per heavy atom. The van der Waals surface area contributed by atoms with E-state index in [2.05, 4.69) is 11.9 Å². The molecule has 2 saturated heterocycles. The quantitative estimate of drug-likeness (QED) is 0.765. The van der Waals surface area contributed by atoms with Crippen molar-refractivity contribution in [2.45, 2.75) is 31.4 Å². The van der Waals surface area contributed by atoms with Gasteiger partial charge in [0, 0.05) is 38.3 Å². The van der Waals surface area contributed by atoms with Crippen molar-refractivity contribution in [1.82, 2.24) is 4.90 Å². The Morgan fingerprint density at radius 3 is 2.50 bits per heavy atom. The molecule has 0 radical (unpaired) electrons. The van der Waals surface area contributed by atoms with Gasteiger partial charge in [0.15, 0.2) is 0 Å². The molecule has 0 aromatic carbocycles. The highest BCUT2D eigenvalue weighted by molar-refractivity contribution is 4.79. The maximum atomic E-state index is 9.88. The minimum absolute atomic E-state index is 0.184. The summed E-state index contributed by atoms with van der Waals surface area (Å²) in [6, 6.07) is 0.614. The predicted octanol–water partition coefficient (Wildman–Crippen LogP) is 0.495. The van der Waals surface area contributed by atoms with E-state index >= 15 is 0 Å². The molecule has 2 aliphatic rings. The fourth-order valence-corrected chi connectivity index (χ4v) is 2.60. The highest BCUT2D eigenvalue weighted by Crippen LogP contribution is 2.19. The second-order valence-electron chi connectivity index (χ2n) is 4.97. The zero-order valence-electron chi connectivity index (χ0n) is 10.1. The van der Waals surface area contributed by atoms with E-state index in [1.54, 1.807) is 0 Å². The van der Waals surface area contributed by atoms with Crippen LogP contribution < -0.4 is 0 Å². The van der Waals surface area contributed by atoms with Crippen molar-refractivity contribution in [2.75, 3.05) is 40.0 Å². The Kier molecular flexibility index (Phi) is 4.58. The largest absolute Gasteiger partial charge is 0.393 e. The minimum atomic E-state index is -0.184. The molecule has 4 nitrogen and oxygen atoms in total. The van der Waals surface area contributed by atoms with Crippen molar-refractivity contribution in [1.29, 1.82) is 0 Å². The first-order chi connectivity index (χ1) is 7.77. The molecule has 2 rings (SSSR count). The molecule has 0 spiro atoms. The lowest BCUT2D eigenvalue weighted by Gasteiger charge is -2.36. The fourth-order valence-electron chi connectivity index (χ4n) is 2.60. The van der Waals surface area contributed by atoms with E-state index in [-0.39, 0.29) is 12.0 Å². The Bertz CT molecular complexity index is 206. The van der Waals surface area contributed by atoms with Gasteiger partial charge in [0.25, 0.3) is 0 Å². The topological polar surface area (TPSA) is 41.9 Å². The monoisotopic (exact) mass is 229 g/mol. The smallest absolute Gasteiger partial charge is 0.0624 e. The lowest BCUT2D eigenvalue weighted by atomic mass is 9.97. The average Bonchev–Trinajstić information content (AvgIpc) is 2.33. The predicted molar refractivity (Wildman–Crippen MR) is 61.4 cm³/mol. The van der Waals surface area contributed by atoms with E-state index < -0.39 is 0 Å². The van der Waals surface area contributed by atoms with Crippen LogP contribution in [0.25, 0.3) is 0 Å². The van der Waals surface area contributed by atoms with E-state index in [1.807, 2.05) is 0 Å². The van der Waals surface area contributed by atoms with Gasteiger partial charge in [-0.25, -0.2) is 0 Å². The molecule has 94 valence electrons. The van der Waals surface area contributed by atoms with Crippen LogP contribution in [0.2, 0.25) is 0 Å². The van der Waals surface area contributed by atoms with Gasteiger partial charge >= 0.3 is 0 Å². The molecule has 0 aromatic rings. The van der Waals surface area contributed by atoms with Crippen LogP contribution in [0.5, 0.6) is 0 Å². The van der Waals surface area contributed by atoms with Gasteiger partial charge in [-0.2, -0.15) is 0 Å². The van der Waals surface area contributed by atoms with Crippen LogP contribution in [0.15, 0.2) is 0 Å². The summed E-state index contributed by atoms with van der Waals surface area (Å²) < 4.78 is 10.8. The minimum Gasteiger partial charge on any atom is -0.393 e. The molecule has 2 unspecified atom stereocenters. The lowest BCUT2D eigenvalue weighted by molar-refractivity contribution is -0.0530. The van der Waals surface area contributed by atoms with Gasteiger partial charge in [0.2, 0.25) is 0 Å². The van der Waals surface area contributed by atoms with Crippen molar-refractivity contribution in [3.63, 3.8) is 0 Å². The molecule has 0 bridgehead atoms. The van der Waals surface area contributed by atoms with Crippen molar-refractivity contribution < 1.29 is 14.6 Å². The van der Waals surface area contributed by atoms with Crippen LogP contribution in [0.1, 0.15) is 19.3 Å². The molecule has 0 amide bonds. The summed E-state index contributed by atoms with van der Waals surface area (Å²) in [5, 5.41) is 9.88. The molecule has 2 fully saturated rings. The second kappa shape index (κ2) is 5.96. The molecule has 2 aliphatic heterocycles. The van der Waals surface area contributed by atoms with Gasteiger partial charge < -0.3 is 19.5 Å². The highest BCUT2D eigenvalue weighted by Gasteiger charge is 2.27. The number of rotatable bonds is 3. The van der Waals surface area contributed by atoms with E-state index in [0.29, 0.717) is 19.3 Å². The molecule has 0 aliphatic carbocycles. The van der Waals surface area contributed by atoms with Crippen molar-refractivity contribution in [2.24, 2.45) is 5.92 Å². The standard InChI is InChI=1S/C12H23NO3/c1-13(11-2-5-15-6-3-11)8-10-9-16-7-4-12(10)14/h10-12,14H,2-9H2,1H3. The molecule has 2 heterocycles. The summed E-state index contributed by atoms with van der Waals surface area (Å²) >= 11 is 0. The molecule has 2 atom stereocenters. The lowest BCUT2D eigenvalue weighted by Crippen LogP contribution is -2.44. The van der Waals surface area contributed by atoms with E-state index in [0.717, 1.165) is 39.0 Å². The number of ether oxygens (including phenoxy) is 2. The summed E-state index contributed by atoms with van der Waals surface area (Å²) in [4.78, 5) is 2.37. The van der Waals surface area contributed by atoms with Gasteiger partial charge in [0.05, 0.1) is 12.7 Å². The third kappa shape index (κ3) is 3.17. The van der Waals surface area contributed by atoms with E-state index in [1.165, 1.54) is 0 Å². The van der Waals surface area contributed by atoms with Gasteiger partial charge in [-0.15, -0.1) is 0 Å². The Hall–Kier alpha value is -0.160. The van der Waals surface area contributed by atoms with Crippen molar-refractivity contribution in [3.05, 3.63) is 0 Å². The Balaban J connectivity index is 1.78. The number of aliphatic hydroxyl groups is 1. The maximum Gasteiger partial charge on any atom is 0.0624 e. The van der Waals surface area contributed by atoms with Gasteiger partial charge in [0.1, 0.15) is 0 Å². The number of aliphatic hydroxyl groups excluding tert-OH is 1. The van der Waals surface area contributed by atoms with Crippen molar-refractivity contribution >= 4 is 0 Å². The van der Waals surface area contributed by atoms with Crippen molar-refractivity contribution in [3.8, 4) is 0 Å². The van der Waals surface area contributed by atoms with Gasteiger partial charge in [-0.3, -0.25) is 0 Å². The van der Waals surface area contributed by atoms with Crippen LogP contribution >= 0.6 is 0 Å². The number of nitrogens with zero attached hydrogens (tertiary/aromatic N) is 1. The van der Waals surface area contributed by atoms with Gasteiger partial charge in [-0.1, -0.05) is 0 Å². The third-order valence-electron chi connectivity index (χ3n) is 3.77. The summed E-state index contributed by atoms with van der Waals surface area (Å²) in [5.74, 6) is 0.279. The Labute approximate surface area is 97.5 Å². The fraction of sp³-hybridized carbons (Fsp3) is 1.00. The van der Waals surface area contributed by atoms with Crippen LogP contribution in [-0.2, 0) is 9.47 Å². The van der Waals surface area contributed by atoms with Crippen LogP contribution in [0, 0.1) is 5.92 Å². The SMILES string of the molecule is CN(CC1COCCC1O)C1CCOCC1. The molecule has 4 heteroatoms. The number of hydrogen-bond donors (Lipinski definition) is 1. The highest BCUT2D eigenvalue weighted by atomic mass is 16.5. The maximum absolute atomic E-state index is 9.88. The molecule has 16 heavy (non-hydrogen) atoms. The van der Waals surface area contributed by atoms with E-state index in [9.17, 15) is 5.11 Å². The van der Waals surface area contributed by atoms with Gasteiger partial charge in [-0.05, 0) is 26.3 Å². The summed E-state index contributed by atoms with van der Waals surface area (Å²) in [5.41, 5.74) is 0. The molecule has 0 aromatic heterocycles. The first-order valence-corrected chi connectivity index (χ1v) is 6.31.